The van der Waals surface area contributed by atoms with Crippen LogP contribution < -0.4 is 10.5 Å². The third kappa shape index (κ3) is 9.15. The first-order valence-electron chi connectivity index (χ1n) is 11.1. The van der Waals surface area contributed by atoms with Crippen molar-refractivity contribution >= 4 is 19.2 Å². The zero-order valence-corrected chi connectivity index (χ0v) is 21.6. The molecule has 0 saturated carbocycles. The second-order valence-electron chi connectivity index (χ2n) is 8.35. The maximum absolute atomic E-state index is 13.7. The van der Waals surface area contributed by atoms with Crippen LogP contribution >= 0.6 is 19.2 Å². The minimum absolute atomic E-state index is 0.0538. The molecule has 3 rings (SSSR count). The van der Waals surface area contributed by atoms with Crippen molar-refractivity contribution in [3.63, 3.8) is 0 Å². The van der Waals surface area contributed by atoms with Crippen LogP contribution in [0.15, 0.2) is 48.5 Å². The summed E-state index contributed by atoms with van der Waals surface area (Å²) in [6, 6.07) is 13.4. The molecule has 4 N–H and O–H groups in total. The first kappa shape index (κ1) is 29.2. The number of hydrogen-bond donors (Lipinski definition) is 3. The lowest BCUT2D eigenvalue weighted by molar-refractivity contribution is -0.139. The van der Waals surface area contributed by atoms with Gasteiger partial charge >= 0.3 is 14.0 Å². The monoisotopic (exact) mass is 561 g/mol. The lowest BCUT2D eigenvalue weighted by Crippen LogP contribution is -2.37. The van der Waals surface area contributed by atoms with Gasteiger partial charge in [-0.1, -0.05) is 41.7 Å². The molecule has 1 unspecified atom stereocenters. The fraction of sp³-hybridized carbons (Fsp3) is 0.391. The highest BCUT2D eigenvalue weighted by Gasteiger charge is 2.35. The van der Waals surface area contributed by atoms with Crippen LogP contribution in [0.25, 0.3) is 10.6 Å². The largest absolute Gasteiger partial charge is 0.491 e. The van der Waals surface area contributed by atoms with Crippen LogP contribution in [0.2, 0.25) is 0 Å². The van der Waals surface area contributed by atoms with Crippen molar-refractivity contribution in [2.24, 2.45) is 5.73 Å². The molecule has 3 aromatic rings. The van der Waals surface area contributed by atoms with Gasteiger partial charge in [-0.15, -0.1) is 10.2 Å². The van der Waals surface area contributed by atoms with Crippen molar-refractivity contribution in [1.29, 1.82) is 0 Å². The van der Waals surface area contributed by atoms with Crippen LogP contribution in [-0.2, 0) is 32.0 Å². The maximum Gasteiger partial charge on any atom is 0.469 e. The van der Waals surface area contributed by atoms with Crippen LogP contribution in [0.3, 0.4) is 0 Å². The Kier molecular flexibility index (Phi) is 9.81. The van der Waals surface area contributed by atoms with E-state index in [0.29, 0.717) is 6.61 Å². The van der Waals surface area contributed by atoms with E-state index in [0.717, 1.165) is 30.2 Å². The molecule has 1 heterocycles. The standard InChI is InChI=1S/C23H27F3N3O6PS/c1-22(27,15-35-36(30,31)32)21-29-28-20(37-21)17-9-10-19(18(14-17)23(24,25)26)34-13-12-33-11-5-8-16-6-3-2-4-7-16/h2-4,6-7,9-10,14H,5,8,11-13,15,27H2,1H3,(H2,30,31,32). The summed E-state index contributed by atoms with van der Waals surface area (Å²) in [5.41, 5.74) is 4.93. The summed E-state index contributed by atoms with van der Waals surface area (Å²) in [6.07, 6.45) is -3.06. The Morgan fingerprint density at radius 1 is 1.05 bits per heavy atom. The van der Waals surface area contributed by atoms with Gasteiger partial charge in [0, 0.05) is 12.2 Å². The van der Waals surface area contributed by atoms with Crippen molar-refractivity contribution in [2.45, 2.75) is 31.5 Å². The molecule has 0 aliphatic rings. The summed E-state index contributed by atoms with van der Waals surface area (Å²) in [5.74, 6) is -0.340. The summed E-state index contributed by atoms with van der Waals surface area (Å²) < 4.78 is 67.4. The molecule has 0 amide bonds. The van der Waals surface area contributed by atoms with Gasteiger partial charge in [0.25, 0.3) is 0 Å². The van der Waals surface area contributed by atoms with Gasteiger partial charge in [0.05, 0.1) is 24.3 Å². The Morgan fingerprint density at radius 3 is 2.46 bits per heavy atom. The number of aryl methyl sites for hydroxylation is 1. The minimum Gasteiger partial charge on any atom is -0.491 e. The highest BCUT2D eigenvalue weighted by molar-refractivity contribution is 7.46. The summed E-state index contributed by atoms with van der Waals surface area (Å²) in [5, 5.41) is 8.03. The quantitative estimate of drug-likeness (QED) is 0.203. The molecule has 0 aliphatic heterocycles. The second kappa shape index (κ2) is 12.4. The number of nitrogens with zero attached hydrogens (tertiary/aromatic N) is 2. The molecule has 14 heteroatoms. The fourth-order valence-electron chi connectivity index (χ4n) is 3.20. The van der Waals surface area contributed by atoms with Gasteiger partial charge in [-0.25, -0.2) is 4.57 Å². The van der Waals surface area contributed by atoms with E-state index >= 15 is 0 Å². The van der Waals surface area contributed by atoms with Crippen molar-refractivity contribution in [3.8, 4) is 16.3 Å². The summed E-state index contributed by atoms with van der Waals surface area (Å²) in [4.78, 5) is 17.8. The first-order chi connectivity index (χ1) is 17.4. The Hall–Kier alpha value is -2.38. The van der Waals surface area contributed by atoms with E-state index in [1.54, 1.807) is 0 Å². The van der Waals surface area contributed by atoms with Gasteiger partial charge in [0.15, 0.2) is 0 Å². The lowest BCUT2D eigenvalue weighted by Gasteiger charge is -2.21. The van der Waals surface area contributed by atoms with E-state index in [1.807, 2.05) is 30.3 Å². The highest BCUT2D eigenvalue weighted by Crippen LogP contribution is 2.41. The van der Waals surface area contributed by atoms with Crippen molar-refractivity contribution in [1.82, 2.24) is 10.2 Å². The number of nitrogens with two attached hydrogens (primary N) is 1. The molecular weight excluding hydrogens is 534 g/mol. The molecule has 9 nitrogen and oxygen atoms in total. The van der Waals surface area contributed by atoms with Crippen LogP contribution in [0.1, 0.15) is 29.5 Å². The average molecular weight is 562 g/mol. The van der Waals surface area contributed by atoms with E-state index < -0.39 is 31.7 Å². The van der Waals surface area contributed by atoms with Gasteiger partial charge in [0.1, 0.15) is 22.4 Å². The number of ether oxygens (including phenoxy) is 2. The van der Waals surface area contributed by atoms with Crippen molar-refractivity contribution in [3.05, 3.63) is 64.7 Å². The number of aromatic nitrogens is 2. The van der Waals surface area contributed by atoms with E-state index in [-0.39, 0.29) is 34.5 Å². The molecule has 1 aromatic heterocycles. The van der Waals surface area contributed by atoms with Gasteiger partial charge < -0.3 is 25.0 Å². The molecule has 0 fully saturated rings. The molecule has 0 radical (unpaired) electrons. The molecule has 0 bridgehead atoms. The number of halogens is 3. The molecule has 202 valence electrons. The second-order valence-corrected chi connectivity index (χ2v) is 10.6. The van der Waals surface area contributed by atoms with Gasteiger partial charge in [-0.2, -0.15) is 13.2 Å². The zero-order valence-electron chi connectivity index (χ0n) is 19.8. The first-order valence-corrected chi connectivity index (χ1v) is 13.5. The zero-order chi connectivity index (χ0) is 27.1. The smallest absolute Gasteiger partial charge is 0.469 e. The van der Waals surface area contributed by atoms with Crippen molar-refractivity contribution in [2.75, 3.05) is 26.4 Å². The third-order valence-electron chi connectivity index (χ3n) is 5.06. The number of phosphoric ester groups is 1. The number of hydrogen-bond acceptors (Lipinski definition) is 8. The molecule has 2 aromatic carbocycles. The van der Waals surface area contributed by atoms with E-state index in [9.17, 15) is 17.7 Å². The highest BCUT2D eigenvalue weighted by atomic mass is 32.1. The summed E-state index contributed by atoms with van der Waals surface area (Å²) >= 11 is 0.888. The molecular formula is C23H27F3N3O6PS. The molecule has 37 heavy (non-hydrogen) atoms. The van der Waals surface area contributed by atoms with Crippen LogP contribution in [0, 0.1) is 0 Å². The van der Waals surface area contributed by atoms with E-state index in [1.165, 1.54) is 24.6 Å². The number of alkyl halides is 3. The predicted octanol–water partition coefficient (Wildman–Crippen LogP) is 4.54. The molecule has 0 aliphatic carbocycles. The molecule has 0 saturated heterocycles. The minimum atomic E-state index is -4.77. The number of phosphoric acid groups is 1. The Balaban J connectivity index is 1.59. The predicted molar refractivity (Wildman–Crippen MR) is 131 cm³/mol. The normalized spacial score (nSPS) is 13.9. The number of rotatable bonds is 13. The van der Waals surface area contributed by atoms with Crippen molar-refractivity contribution < 1.29 is 41.5 Å². The van der Waals surface area contributed by atoms with E-state index in [4.69, 9.17) is 25.0 Å². The van der Waals surface area contributed by atoms with Gasteiger partial charge in [-0.05, 0) is 43.5 Å². The fourth-order valence-corrected chi connectivity index (χ4v) is 4.52. The Bertz CT molecular complexity index is 1200. The third-order valence-corrected chi connectivity index (χ3v) is 6.78. The molecule has 1 atom stereocenters. The summed E-state index contributed by atoms with van der Waals surface area (Å²) in [6.45, 7) is 1.39. The number of benzene rings is 2. The maximum atomic E-state index is 13.7. The SMILES string of the molecule is CC(N)(COP(=O)(O)O)c1nnc(-c2ccc(OCCOCCCc3ccccc3)c(C(F)(F)F)c2)s1. The Morgan fingerprint density at radius 2 is 1.78 bits per heavy atom. The van der Waals surface area contributed by atoms with Gasteiger partial charge in [-0.3, -0.25) is 4.52 Å². The van der Waals surface area contributed by atoms with Crippen LogP contribution in [0.4, 0.5) is 13.2 Å². The summed E-state index contributed by atoms with van der Waals surface area (Å²) in [7, 11) is -4.77. The lowest BCUT2D eigenvalue weighted by atomic mass is 10.1. The van der Waals surface area contributed by atoms with E-state index in [2.05, 4.69) is 14.7 Å². The van der Waals surface area contributed by atoms with Gasteiger partial charge in [0.2, 0.25) is 0 Å². The average Bonchev–Trinajstić information content (AvgIpc) is 3.33. The van der Waals surface area contributed by atoms with Crippen LogP contribution in [-0.4, -0.2) is 46.4 Å². The molecule has 0 spiro atoms. The van der Waals surface area contributed by atoms with Crippen LogP contribution in [0.5, 0.6) is 5.75 Å². The topological polar surface area (TPSA) is 137 Å². The Labute approximate surface area is 215 Å².